The fraction of sp³-hybridized carbons (Fsp3) is 0.394. The number of carbonyl (C=O) groups excluding carboxylic acids is 1. The maximum Gasteiger partial charge on any atom is 0.254 e. The zero-order valence-electron chi connectivity index (χ0n) is 27.4. The van der Waals surface area contributed by atoms with Gasteiger partial charge < -0.3 is 14.0 Å². The molecular weight excluding hydrogens is 544 g/mol. The first-order valence-corrected chi connectivity index (χ1v) is 15.4. The molecule has 4 aromatic rings. The zero-order chi connectivity index (χ0) is 32.5. The molecule has 2 aromatic carbocycles. The van der Waals surface area contributed by atoms with Crippen LogP contribution in [0.2, 0.25) is 0 Å². The van der Waals surface area contributed by atoms with Crippen molar-refractivity contribution in [2.45, 2.75) is 76.3 Å². The first kappa shape index (κ1) is 24.8. The minimum absolute atomic E-state index is 0.304. The van der Waals surface area contributed by atoms with E-state index in [9.17, 15) is 9.35 Å². The summed E-state index contributed by atoms with van der Waals surface area (Å²) in [7, 11) is 0. The summed E-state index contributed by atoms with van der Waals surface area (Å²) < 4.78 is 42.7. The lowest BCUT2D eigenvalue weighted by atomic mass is 9.93. The molecule has 1 amide bonds. The Hall–Kier alpha value is -3.71. The first-order chi connectivity index (χ1) is 21.2. The van der Waals surface area contributed by atoms with E-state index in [-0.39, 0.29) is 6.04 Å². The molecule has 2 aromatic heterocycles. The van der Waals surface area contributed by atoms with Crippen LogP contribution in [-0.4, -0.2) is 46.6 Å². The molecule has 1 unspecified atom stereocenters. The highest BCUT2D eigenvalue weighted by atomic mass is 32.2. The molecule has 2 aliphatic heterocycles. The average molecular weight is 584 g/mol. The van der Waals surface area contributed by atoms with Crippen LogP contribution >= 0.6 is 0 Å². The Balaban J connectivity index is 1.45. The lowest BCUT2D eigenvalue weighted by Crippen LogP contribution is -2.51. The Labute approximate surface area is 254 Å². The molecule has 216 valence electrons. The summed E-state index contributed by atoms with van der Waals surface area (Å²) in [5, 5.41) is 0. The molecule has 9 heteroatoms. The van der Waals surface area contributed by atoms with Gasteiger partial charge in [-0.25, -0.2) is 15.0 Å². The van der Waals surface area contributed by atoms with Crippen LogP contribution in [0.3, 0.4) is 0 Å². The van der Waals surface area contributed by atoms with Gasteiger partial charge in [-0.1, -0.05) is 31.9 Å². The van der Waals surface area contributed by atoms with Crippen molar-refractivity contribution < 1.29 is 13.5 Å². The predicted molar refractivity (Wildman–Crippen MR) is 166 cm³/mol. The number of benzene rings is 2. The van der Waals surface area contributed by atoms with E-state index in [0.717, 1.165) is 21.5 Å². The number of nitrogens with one attached hydrogen (secondary N) is 1. The van der Waals surface area contributed by atoms with E-state index in [2.05, 4.69) is 10.6 Å². The second kappa shape index (κ2) is 10.2. The molecule has 0 fully saturated rings. The topological polar surface area (TPSA) is 99.0 Å². The number of nitrogens with zero attached hydrogens (tertiary/aromatic N) is 5. The average Bonchev–Trinajstić information content (AvgIpc) is 3.51. The maximum absolute atomic E-state index is 13.7. The Morgan fingerprint density at radius 2 is 1.88 bits per heavy atom. The standard InChI is InChI=1S/C33H36N6O2S/c1-8-20-12-11-13-23-28(20)26-17-27(38(7)30(23)40)29-36-24-15-14-21(16-25(24)39(26)29)22-18-34-31(35-19-22)33(9-2,10-3)37-42(41)32(4,5)6/h1,11-16,18-19,26-27,37H,9-10,17H2,2-7H3/t26-,27-,42?/m1/s1/i7D3. The van der Waals surface area contributed by atoms with Crippen LogP contribution in [0, 0.1) is 12.3 Å². The molecule has 6 rings (SSSR count). The van der Waals surface area contributed by atoms with E-state index in [1.165, 1.54) is 0 Å². The van der Waals surface area contributed by atoms with E-state index in [1.807, 2.05) is 57.4 Å². The van der Waals surface area contributed by atoms with Gasteiger partial charge in [0.25, 0.3) is 5.91 Å². The molecule has 2 aliphatic rings. The van der Waals surface area contributed by atoms with Gasteiger partial charge in [0.1, 0.15) is 16.1 Å². The summed E-state index contributed by atoms with van der Waals surface area (Å²) in [6.07, 6.45) is 11.1. The molecule has 0 spiro atoms. The van der Waals surface area contributed by atoms with Crippen LogP contribution in [0.15, 0.2) is 48.8 Å². The van der Waals surface area contributed by atoms with Gasteiger partial charge in [0.2, 0.25) is 0 Å². The van der Waals surface area contributed by atoms with E-state index < -0.39 is 40.6 Å². The molecule has 1 N–H and O–H groups in total. The third kappa shape index (κ3) is 4.32. The minimum Gasteiger partial charge on any atom is -0.598 e. The van der Waals surface area contributed by atoms with Gasteiger partial charge in [0.05, 0.1) is 23.1 Å². The molecule has 0 saturated heterocycles. The monoisotopic (exact) mass is 583 g/mol. The summed E-state index contributed by atoms with van der Waals surface area (Å²) in [5.74, 6) is 3.25. The summed E-state index contributed by atoms with van der Waals surface area (Å²) in [6, 6.07) is 9.84. The molecule has 4 heterocycles. The molecule has 0 saturated carbocycles. The number of amides is 1. The zero-order valence-corrected chi connectivity index (χ0v) is 25.2. The van der Waals surface area contributed by atoms with Crippen LogP contribution in [0.25, 0.3) is 22.2 Å². The van der Waals surface area contributed by atoms with Crippen LogP contribution in [-0.2, 0) is 16.9 Å². The van der Waals surface area contributed by atoms with Crippen molar-refractivity contribution in [2.24, 2.45) is 0 Å². The third-order valence-corrected chi connectivity index (χ3v) is 10.3. The summed E-state index contributed by atoms with van der Waals surface area (Å²) in [6.45, 7) is 7.19. The Morgan fingerprint density at radius 3 is 2.52 bits per heavy atom. The van der Waals surface area contributed by atoms with Crippen LogP contribution in [0.4, 0.5) is 0 Å². The number of rotatable bonds is 6. The van der Waals surface area contributed by atoms with E-state index in [0.29, 0.717) is 53.1 Å². The number of terminal acetylenes is 1. The summed E-state index contributed by atoms with van der Waals surface area (Å²) in [5.41, 5.74) is 4.00. The van der Waals surface area contributed by atoms with Gasteiger partial charge in [0.15, 0.2) is 5.82 Å². The molecule has 42 heavy (non-hydrogen) atoms. The number of carbonyl (C=O) groups is 1. The highest BCUT2D eigenvalue weighted by molar-refractivity contribution is 7.90. The van der Waals surface area contributed by atoms with E-state index >= 15 is 0 Å². The van der Waals surface area contributed by atoms with Gasteiger partial charge in [-0.05, 0) is 63.4 Å². The number of hydrogen-bond acceptors (Lipinski definition) is 6. The van der Waals surface area contributed by atoms with Gasteiger partial charge in [-0.15, -0.1) is 11.1 Å². The Morgan fingerprint density at radius 1 is 1.14 bits per heavy atom. The van der Waals surface area contributed by atoms with Crippen molar-refractivity contribution in [2.75, 3.05) is 6.98 Å². The Bertz CT molecular complexity index is 1840. The number of aromatic nitrogens is 4. The van der Waals surface area contributed by atoms with Crippen molar-refractivity contribution in [3.05, 3.63) is 77.1 Å². The lowest BCUT2D eigenvalue weighted by Gasteiger charge is -2.35. The van der Waals surface area contributed by atoms with Crippen molar-refractivity contribution in [3.63, 3.8) is 0 Å². The quantitative estimate of drug-likeness (QED) is 0.232. The minimum atomic E-state index is -2.67. The van der Waals surface area contributed by atoms with E-state index in [4.69, 9.17) is 25.5 Å². The summed E-state index contributed by atoms with van der Waals surface area (Å²) in [4.78, 5) is 29.0. The van der Waals surface area contributed by atoms with Gasteiger partial charge in [-0.3, -0.25) is 4.79 Å². The second-order valence-electron chi connectivity index (χ2n) is 12.0. The van der Waals surface area contributed by atoms with Crippen molar-refractivity contribution in [3.8, 4) is 23.5 Å². The SMILES string of the molecule is [2H]C([2H])([2H])N1C(=O)c2cccc(C#C)c2[C@H]2C[C@@H]1c1nc3ccc(-c4cnc(C(CC)(CC)N[S+]([O-])C(C)(C)C)nc4)cc3n12. The molecular formula is C33H36N6O2S. The summed E-state index contributed by atoms with van der Waals surface area (Å²) >= 11 is -1.30. The normalized spacial score (nSPS) is 20.3. The van der Waals surface area contributed by atoms with Crippen LogP contribution < -0.4 is 4.72 Å². The number of hydrogen-bond donors (Lipinski definition) is 1. The Kier molecular flexibility index (Phi) is 6.05. The van der Waals surface area contributed by atoms with Crippen molar-refractivity contribution >= 4 is 28.3 Å². The van der Waals surface area contributed by atoms with Gasteiger partial charge in [-0.2, -0.15) is 0 Å². The van der Waals surface area contributed by atoms with Crippen molar-refractivity contribution in [1.29, 1.82) is 0 Å². The smallest absolute Gasteiger partial charge is 0.254 e. The fourth-order valence-corrected chi connectivity index (χ4v) is 7.10. The maximum atomic E-state index is 13.7. The number of fused-ring (bicyclic) bond motifs is 9. The molecule has 3 atom stereocenters. The third-order valence-electron chi connectivity index (χ3n) is 8.59. The van der Waals surface area contributed by atoms with Crippen molar-refractivity contribution in [1.82, 2.24) is 29.1 Å². The second-order valence-corrected chi connectivity index (χ2v) is 13.9. The first-order valence-electron chi connectivity index (χ1n) is 15.7. The van der Waals surface area contributed by atoms with Gasteiger partial charge >= 0.3 is 0 Å². The lowest BCUT2D eigenvalue weighted by molar-refractivity contribution is 0.0734. The number of imidazole rings is 1. The molecule has 8 nitrogen and oxygen atoms in total. The fourth-order valence-electron chi connectivity index (χ4n) is 6.06. The molecule has 2 bridgehead atoms. The van der Waals surface area contributed by atoms with E-state index in [1.54, 1.807) is 30.6 Å². The highest BCUT2D eigenvalue weighted by Gasteiger charge is 2.44. The predicted octanol–water partition coefficient (Wildman–Crippen LogP) is 5.66. The largest absolute Gasteiger partial charge is 0.598 e. The molecule has 0 aliphatic carbocycles. The van der Waals surface area contributed by atoms with Gasteiger partial charge in [0, 0.05) is 63.5 Å². The van der Waals surface area contributed by atoms with Crippen LogP contribution in [0.1, 0.15) is 103 Å². The van der Waals surface area contributed by atoms with Crippen LogP contribution in [0.5, 0.6) is 0 Å². The highest BCUT2D eigenvalue weighted by Crippen LogP contribution is 2.48. The molecule has 0 radical (unpaired) electrons.